The van der Waals surface area contributed by atoms with E-state index in [9.17, 15) is 18.5 Å². The summed E-state index contributed by atoms with van der Waals surface area (Å²) in [6.45, 7) is 0.999. The number of piperazine rings is 1. The fraction of sp³-hybridized carbons (Fsp3) is 0.294. The second-order valence-electron chi connectivity index (χ2n) is 6.08. The van der Waals surface area contributed by atoms with Crippen LogP contribution in [0.2, 0.25) is 10.0 Å². The van der Waals surface area contributed by atoms with Gasteiger partial charge >= 0.3 is 0 Å². The molecule has 1 heterocycles. The zero-order valence-electron chi connectivity index (χ0n) is 14.8. The molecular weight excluding hydrogens is 429 g/mol. The average Bonchev–Trinajstić information content (AvgIpc) is 2.69. The largest absolute Gasteiger partial charge is 0.496 e. The smallest absolute Gasteiger partial charge is 0.296 e. The van der Waals surface area contributed by atoms with Gasteiger partial charge in [-0.3, -0.25) is 10.1 Å². The molecule has 2 aromatic rings. The van der Waals surface area contributed by atoms with Crippen LogP contribution in [0.3, 0.4) is 0 Å². The average molecular weight is 446 g/mol. The Bertz CT molecular complexity index is 1010. The molecule has 0 aliphatic carbocycles. The van der Waals surface area contributed by atoms with Crippen LogP contribution in [0, 0.1) is 10.1 Å². The standard InChI is InChI=1S/C17H17Cl2N3O5S/c1-27-12-2-5-16(17(10-12)22(23)24)20-6-8-21(9-7-20)28(25,26)13-3-4-14(18)15(19)11-13/h2-5,10-11H,6-9H2,1H3. The maximum Gasteiger partial charge on any atom is 0.296 e. The van der Waals surface area contributed by atoms with Gasteiger partial charge in [0.15, 0.2) is 0 Å². The predicted octanol–water partition coefficient (Wildman–Crippen LogP) is 3.42. The number of methoxy groups -OCH3 is 1. The third-order valence-electron chi connectivity index (χ3n) is 4.49. The Hall–Kier alpha value is -2.07. The molecule has 0 radical (unpaired) electrons. The number of anilines is 1. The maximum absolute atomic E-state index is 12.8. The van der Waals surface area contributed by atoms with Crippen LogP contribution in [0.4, 0.5) is 11.4 Å². The van der Waals surface area contributed by atoms with E-state index in [0.717, 1.165) is 0 Å². The van der Waals surface area contributed by atoms with E-state index in [1.54, 1.807) is 17.0 Å². The van der Waals surface area contributed by atoms with Gasteiger partial charge in [-0.1, -0.05) is 23.2 Å². The van der Waals surface area contributed by atoms with Crippen LogP contribution in [0.1, 0.15) is 0 Å². The summed E-state index contributed by atoms with van der Waals surface area (Å²) < 4.78 is 32.0. The number of nitrogens with zero attached hydrogens (tertiary/aromatic N) is 3. The number of hydrogen-bond donors (Lipinski definition) is 0. The Labute approximate surface area is 172 Å². The molecule has 0 N–H and O–H groups in total. The lowest BCUT2D eigenvalue weighted by Gasteiger charge is -2.35. The number of nitro groups is 1. The zero-order valence-corrected chi connectivity index (χ0v) is 17.2. The summed E-state index contributed by atoms with van der Waals surface area (Å²) in [5.41, 5.74) is 0.345. The van der Waals surface area contributed by atoms with E-state index in [0.29, 0.717) is 24.5 Å². The van der Waals surface area contributed by atoms with Crippen LogP contribution < -0.4 is 9.64 Å². The topological polar surface area (TPSA) is 93.0 Å². The van der Waals surface area contributed by atoms with Crippen molar-refractivity contribution >= 4 is 44.6 Å². The van der Waals surface area contributed by atoms with Crippen LogP contribution >= 0.6 is 23.2 Å². The van der Waals surface area contributed by atoms with Crippen LogP contribution in [-0.2, 0) is 10.0 Å². The van der Waals surface area contributed by atoms with Crippen molar-refractivity contribution < 1.29 is 18.1 Å². The highest BCUT2D eigenvalue weighted by Gasteiger charge is 2.31. The first kappa shape index (κ1) is 20.7. The van der Waals surface area contributed by atoms with Gasteiger partial charge < -0.3 is 9.64 Å². The van der Waals surface area contributed by atoms with Crippen molar-refractivity contribution in [2.45, 2.75) is 4.90 Å². The molecule has 0 atom stereocenters. The van der Waals surface area contributed by atoms with Crippen LogP contribution in [-0.4, -0.2) is 50.9 Å². The van der Waals surface area contributed by atoms with Gasteiger partial charge in [0.25, 0.3) is 5.69 Å². The molecule has 3 rings (SSSR count). The highest BCUT2D eigenvalue weighted by Crippen LogP contribution is 2.33. The SMILES string of the molecule is COc1ccc(N2CCN(S(=O)(=O)c3ccc(Cl)c(Cl)c3)CC2)c([N+](=O)[O-])c1. The maximum atomic E-state index is 12.8. The van der Waals surface area contributed by atoms with E-state index in [1.807, 2.05) is 0 Å². The highest BCUT2D eigenvalue weighted by molar-refractivity contribution is 7.89. The number of rotatable bonds is 5. The van der Waals surface area contributed by atoms with E-state index in [4.69, 9.17) is 27.9 Å². The van der Waals surface area contributed by atoms with E-state index < -0.39 is 14.9 Å². The van der Waals surface area contributed by atoms with Crippen molar-refractivity contribution in [1.82, 2.24) is 4.31 Å². The van der Waals surface area contributed by atoms with E-state index in [-0.39, 0.29) is 33.7 Å². The minimum absolute atomic E-state index is 0.0609. The van der Waals surface area contributed by atoms with Gasteiger partial charge in [0.2, 0.25) is 10.0 Å². The molecule has 11 heteroatoms. The van der Waals surface area contributed by atoms with E-state index >= 15 is 0 Å². The quantitative estimate of drug-likeness (QED) is 0.516. The van der Waals surface area contributed by atoms with Crippen LogP contribution in [0.5, 0.6) is 5.75 Å². The Balaban J connectivity index is 1.79. The monoisotopic (exact) mass is 445 g/mol. The van der Waals surface area contributed by atoms with E-state index in [2.05, 4.69) is 0 Å². The molecule has 28 heavy (non-hydrogen) atoms. The summed E-state index contributed by atoms with van der Waals surface area (Å²) in [6, 6.07) is 8.77. The Morgan fingerprint density at radius 2 is 1.71 bits per heavy atom. The summed E-state index contributed by atoms with van der Waals surface area (Å²) >= 11 is 11.8. The van der Waals surface area contributed by atoms with Crippen molar-refractivity contribution in [2.75, 3.05) is 38.2 Å². The predicted molar refractivity (Wildman–Crippen MR) is 107 cm³/mol. The number of halogens is 2. The van der Waals surface area contributed by atoms with Gasteiger partial charge in [0.05, 0.1) is 33.0 Å². The van der Waals surface area contributed by atoms with Gasteiger partial charge in [-0.2, -0.15) is 4.31 Å². The van der Waals surface area contributed by atoms with Gasteiger partial charge in [-0.05, 0) is 30.3 Å². The van der Waals surface area contributed by atoms with Gasteiger partial charge in [0.1, 0.15) is 11.4 Å². The van der Waals surface area contributed by atoms with Gasteiger partial charge in [-0.15, -0.1) is 0 Å². The van der Waals surface area contributed by atoms with Crippen molar-refractivity contribution in [3.63, 3.8) is 0 Å². The van der Waals surface area contributed by atoms with Gasteiger partial charge in [-0.25, -0.2) is 8.42 Å². The number of ether oxygens (including phenoxy) is 1. The lowest BCUT2D eigenvalue weighted by Crippen LogP contribution is -2.48. The molecule has 8 nitrogen and oxygen atoms in total. The molecule has 0 aromatic heterocycles. The first-order valence-corrected chi connectivity index (χ1v) is 10.5. The molecular formula is C17H17Cl2N3O5S. The first-order chi connectivity index (χ1) is 13.2. The lowest BCUT2D eigenvalue weighted by atomic mass is 10.2. The molecule has 0 spiro atoms. The molecule has 1 saturated heterocycles. The molecule has 1 aliphatic rings. The van der Waals surface area contributed by atoms with Gasteiger partial charge in [0, 0.05) is 26.2 Å². The summed E-state index contributed by atoms with van der Waals surface area (Å²) in [4.78, 5) is 12.8. The summed E-state index contributed by atoms with van der Waals surface area (Å²) in [5, 5.41) is 11.8. The van der Waals surface area contributed by atoms with Crippen molar-refractivity contribution in [3.8, 4) is 5.75 Å². The number of nitro benzene ring substituents is 1. The second kappa shape index (κ2) is 8.12. The van der Waals surface area contributed by atoms with Crippen molar-refractivity contribution in [1.29, 1.82) is 0 Å². The van der Waals surface area contributed by atoms with Crippen LogP contribution in [0.25, 0.3) is 0 Å². The molecule has 0 bridgehead atoms. The molecule has 0 unspecified atom stereocenters. The molecule has 0 saturated carbocycles. The third-order valence-corrected chi connectivity index (χ3v) is 7.12. The fourth-order valence-corrected chi connectivity index (χ4v) is 4.81. The molecule has 1 aliphatic heterocycles. The summed E-state index contributed by atoms with van der Waals surface area (Å²) in [7, 11) is -2.30. The number of sulfonamides is 1. The summed E-state index contributed by atoms with van der Waals surface area (Å²) in [5.74, 6) is 0.385. The fourth-order valence-electron chi connectivity index (χ4n) is 3.00. The number of benzene rings is 2. The molecule has 0 amide bonds. The second-order valence-corrected chi connectivity index (χ2v) is 8.83. The Morgan fingerprint density at radius 1 is 1.04 bits per heavy atom. The third kappa shape index (κ3) is 4.02. The van der Waals surface area contributed by atoms with Crippen molar-refractivity contribution in [2.24, 2.45) is 0 Å². The zero-order chi connectivity index (χ0) is 20.5. The Morgan fingerprint density at radius 3 is 2.29 bits per heavy atom. The van der Waals surface area contributed by atoms with Crippen LogP contribution in [0.15, 0.2) is 41.3 Å². The molecule has 150 valence electrons. The van der Waals surface area contributed by atoms with E-state index in [1.165, 1.54) is 35.7 Å². The molecule has 1 fully saturated rings. The summed E-state index contributed by atoms with van der Waals surface area (Å²) in [6.07, 6.45) is 0. The lowest BCUT2D eigenvalue weighted by molar-refractivity contribution is -0.384. The minimum Gasteiger partial charge on any atom is -0.496 e. The Kier molecular flexibility index (Phi) is 5.99. The molecule has 2 aromatic carbocycles. The number of hydrogen-bond acceptors (Lipinski definition) is 6. The first-order valence-electron chi connectivity index (χ1n) is 8.26. The normalized spacial score (nSPS) is 15.5. The minimum atomic E-state index is -3.73. The highest BCUT2D eigenvalue weighted by atomic mass is 35.5. The van der Waals surface area contributed by atoms with Crippen molar-refractivity contribution in [3.05, 3.63) is 56.6 Å².